The van der Waals surface area contributed by atoms with Crippen molar-refractivity contribution in [2.75, 3.05) is 19.9 Å². The zero-order chi connectivity index (χ0) is 14.4. The van der Waals surface area contributed by atoms with Gasteiger partial charge in [-0.25, -0.2) is 0 Å². The number of hydrogen-bond donors (Lipinski definition) is 2. The van der Waals surface area contributed by atoms with E-state index in [4.69, 9.17) is 14.6 Å². The molecule has 0 spiro atoms. The van der Waals surface area contributed by atoms with Crippen LogP contribution in [0.2, 0.25) is 0 Å². The van der Waals surface area contributed by atoms with Crippen molar-refractivity contribution in [1.82, 2.24) is 5.32 Å². The molecule has 0 radical (unpaired) electrons. The molecule has 1 heterocycles. The third-order valence-electron chi connectivity index (χ3n) is 3.48. The summed E-state index contributed by atoms with van der Waals surface area (Å²) in [6, 6.07) is 4.07. The quantitative estimate of drug-likeness (QED) is 0.761. The number of nitrogens with one attached hydrogen (secondary N) is 1. The standard InChI is InChI=1S/C15H22BrNO3/c1-2-3-11(4-5-18)8-17-9-12-6-13(16)15-14(7-12)19-10-20-15/h6-7,11,17-18H,2-5,8-10H2,1H3. The topological polar surface area (TPSA) is 50.7 Å². The van der Waals surface area contributed by atoms with E-state index in [0.717, 1.165) is 48.3 Å². The molecule has 0 bridgehead atoms. The van der Waals surface area contributed by atoms with Gasteiger partial charge in [-0.3, -0.25) is 0 Å². The van der Waals surface area contributed by atoms with Gasteiger partial charge in [0.25, 0.3) is 0 Å². The summed E-state index contributed by atoms with van der Waals surface area (Å²) in [7, 11) is 0. The molecule has 112 valence electrons. The number of rotatable bonds is 8. The predicted molar refractivity (Wildman–Crippen MR) is 82.1 cm³/mol. The number of fused-ring (bicyclic) bond motifs is 1. The molecule has 1 atom stereocenters. The zero-order valence-electron chi connectivity index (χ0n) is 11.8. The van der Waals surface area contributed by atoms with Crippen molar-refractivity contribution in [2.45, 2.75) is 32.7 Å². The highest BCUT2D eigenvalue weighted by Crippen LogP contribution is 2.39. The van der Waals surface area contributed by atoms with E-state index in [0.29, 0.717) is 12.7 Å². The molecular weight excluding hydrogens is 322 g/mol. The lowest BCUT2D eigenvalue weighted by atomic mass is 10.0. The average molecular weight is 344 g/mol. The molecule has 0 amide bonds. The van der Waals surface area contributed by atoms with Crippen molar-refractivity contribution < 1.29 is 14.6 Å². The highest BCUT2D eigenvalue weighted by Gasteiger charge is 2.17. The van der Waals surface area contributed by atoms with Gasteiger partial charge in [0.05, 0.1) is 4.47 Å². The lowest BCUT2D eigenvalue weighted by Gasteiger charge is -2.16. The minimum atomic E-state index is 0.266. The molecule has 1 unspecified atom stereocenters. The molecule has 0 saturated carbocycles. The molecule has 0 aromatic heterocycles. The van der Waals surface area contributed by atoms with Gasteiger partial charge in [0, 0.05) is 13.2 Å². The summed E-state index contributed by atoms with van der Waals surface area (Å²) >= 11 is 3.50. The van der Waals surface area contributed by atoms with Crippen molar-refractivity contribution in [3.8, 4) is 11.5 Å². The fourth-order valence-electron chi connectivity index (χ4n) is 2.48. The molecule has 0 aliphatic carbocycles. The Bertz CT molecular complexity index is 433. The maximum absolute atomic E-state index is 9.06. The van der Waals surface area contributed by atoms with Crippen molar-refractivity contribution in [3.63, 3.8) is 0 Å². The molecule has 4 nitrogen and oxygen atoms in total. The molecule has 1 aromatic carbocycles. The summed E-state index contributed by atoms with van der Waals surface area (Å²) in [5.41, 5.74) is 1.17. The third kappa shape index (κ3) is 4.11. The first-order valence-corrected chi connectivity index (χ1v) is 7.93. The number of aliphatic hydroxyl groups is 1. The monoisotopic (exact) mass is 343 g/mol. The molecule has 5 heteroatoms. The smallest absolute Gasteiger partial charge is 0.231 e. The van der Waals surface area contributed by atoms with E-state index in [9.17, 15) is 0 Å². The summed E-state index contributed by atoms with van der Waals surface area (Å²) in [6.45, 7) is 4.46. The lowest BCUT2D eigenvalue weighted by Crippen LogP contribution is -2.23. The molecule has 0 saturated heterocycles. The average Bonchev–Trinajstić information content (AvgIpc) is 2.88. The maximum Gasteiger partial charge on any atom is 0.231 e. The first-order valence-electron chi connectivity index (χ1n) is 7.14. The van der Waals surface area contributed by atoms with Crippen molar-refractivity contribution in [1.29, 1.82) is 0 Å². The second kappa shape index (κ2) is 7.86. The van der Waals surface area contributed by atoms with E-state index < -0.39 is 0 Å². The predicted octanol–water partition coefficient (Wildman–Crippen LogP) is 3.07. The molecule has 0 fully saturated rings. The number of ether oxygens (including phenoxy) is 2. The molecule has 1 aromatic rings. The number of aliphatic hydroxyl groups excluding tert-OH is 1. The minimum absolute atomic E-state index is 0.266. The molecule has 1 aliphatic heterocycles. The van der Waals surface area contributed by atoms with Gasteiger partial charge in [-0.15, -0.1) is 0 Å². The summed E-state index contributed by atoms with van der Waals surface area (Å²) in [6.07, 6.45) is 3.17. The fraction of sp³-hybridized carbons (Fsp3) is 0.600. The van der Waals surface area contributed by atoms with Gasteiger partial charge < -0.3 is 19.9 Å². The van der Waals surface area contributed by atoms with Crippen LogP contribution in [-0.4, -0.2) is 25.1 Å². The maximum atomic E-state index is 9.06. The van der Waals surface area contributed by atoms with Crippen LogP contribution in [0, 0.1) is 5.92 Å². The van der Waals surface area contributed by atoms with Crippen molar-refractivity contribution in [3.05, 3.63) is 22.2 Å². The first-order chi connectivity index (χ1) is 9.74. The van der Waals surface area contributed by atoms with Crippen LogP contribution in [-0.2, 0) is 6.54 Å². The summed E-state index contributed by atoms with van der Waals surface area (Å²) in [5.74, 6) is 2.14. The third-order valence-corrected chi connectivity index (χ3v) is 4.07. The van der Waals surface area contributed by atoms with Crippen LogP contribution in [0.15, 0.2) is 16.6 Å². The van der Waals surface area contributed by atoms with E-state index >= 15 is 0 Å². The SMILES string of the molecule is CCCC(CCO)CNCc1cc(Br)c2c(c1)OCO2. The Morgan fingerprint density at radius 1 is 1.35 bits per heavy atom. The molecule has 2 rings (SSSR count). The van der Waals surface area contributed by atoms with Crippen LogP contribution in [0.1, 0.15) is 31.7 Å². The van der Waals surface area contributed by atoms with E-state index in [-0.39, 0.29) is 6.61 Å². The van der Waals surface area contributed by atoms with Gasteiger partial charge in [-0.05, 0) is 58.9 Å². The minimum Gasteiger partial charge on any atom is -0.454 e. The Balaban J connectivity index is 1.86. The van der Waals surface area contributed by atoms with E-state index in [1.807, 2.05) is 6.07 Å². The van der Waals surface area contributed by atoms with Gasteiger partial charge in [-0.1, -0.05) is 13.3 Å². The largest absolute Gasteiger partial charge is 0.454 e. The number of benzene rings is 1. The van der Waals surface area contributed by atoms with Crippen LogP contribution >= 0.6 is 15.9 Å². The van der Waals surface area contributed by atoms with Crippen LogP contribution in [0.4, 0.5) is 0 Å². The van der Waals surface area contributed by atoms with Gasteiger partial charge in [0.15, 0.2) is 11.5 Å². The highest BCUT2D eigenvalue weighted by molar-refractivity contribution is 9.10. The fourth-order valence-corrected chi connectivity index (χ4v) is 3.09. The Labute approximate surface area is 128 Å². The Morgan fingerprint density at radius 3 is 2.95 bits per heavy atom. The Kier molecular flexibility index (Phi) is 6.13. The number of halogens is 1. The second-order valence-corrected chi connectivity index (χ2v) is 5.96. The van der Waals surface area contributed by atoms with E-state index in [2.05, 4.69) is 34.2 Å². The van der Waals surface area contributed by atoms with Crippen LogP contribution < -0.4 is 14.8 Å². The number of hydrogen-bond acceptors (Lipinski definition) is 4. The first kappa shape index (κ1) is 15.6. The molecule has 20 heavy (non-hydrogen) atoms. The van der Waals surface area contributed by atoms with Crippen LogP contribution in [0.25, 0.3) is 0 Å². The summed E-state index contributed by atoms with van der Waals surface area (Å²) < 4.78 is 11.7. The summed E-state index contributed by atoms with van der Waals surface area (Å²) in [5, 5.41) is 12.5. The van der Waals surface area contributed by atoms with Gasteiger partial charge in [-0.2, -0.15) is 0 Å². The van der Waals surface area contributed by atoms with Crippen molar-refractivity contribution in [2.24, 2.45) is 5.92 Å². The van der Waals surface area contributed by atoms with Crippen LogP contribution in [0.3, 0.4) is 0 Å². The molecule has 2 N–H and O–H groups in total. The lowest BCUT2D eigenvalue weighted by molar-refractivity contribution is 0.173. The van der Waals surface area contributed by atoms with E-state index in [1.54, 1.807) is 0 Å². The normalized spacial score (nSPS) is 14.6. The summed E-state index contributed by atoms with van der Waals surface area (Å²) in [4.78, 5) is 0. The van der Waals surface area contributed by atoms with Gasteiger partial charge in [0.2, 0.25) is 6.79 Å². The molecule has 1 aliphatic rings. The van der Waals surface area contributed by atoms with E-state index in [1.165, 1.54) is 5.56 Å². The van der Waals surface area contributed by atoms with Gasteiger partial charge in [0.1, 0.15) is 0 Å². The Hall–Kier alpha value is -0.780. The second-order valence-electron chi connectivity index (χ2n) is 5.11. The van der Waals surface area contributed by atoms with Crippen LogP contribution in [0.5, 0.6) is 11.5 Å². The Morgan fingerprint density at radius 2 is 2.20 bits per heavy atom. The van der Waals surface area contributed by atoms with Crippen molar-refractivity contribution >= 4 is 15.9 Å². The zero-order valence-corrected chi connectivity index (χ0v) is 13.4. The highest BCUT2D eigenvalue weighted by atomic mass is 79.9. The van der Waals surface area contributed by atoms with Gasteiger partial charge >= 0.3 is 0 Å². The molecular formula is C15H22BrNO3.